The maximum Gasteiger partial charge on any atom is 0.306 e. The van der Waals surface area contributed by atoms with Crippen molar-refractivity contribution in [3.63, 3.8) is 0 Å². The molecule has 0 aromatic heterocycles. The number of carbonyl (C=O) groups excluding carboxylic acids is 4. The lowest BCUT2D eigenvalue weighted by Gasteiger charge is -2.33. The van der Waals surface area contributed by atoms with Crippen molar-refractivity contribution in [3.8, 4) is 0 Å². The zero-order valence-corrected chi connectivity index (χ0v) is 45.8. The highest BCUT2D eigenvalue weighted by atomic mass is 32.2. The van der Waals surface area contributed by atoms with Gasteiger partial charge in [-0.2, -0.15) is 47.0 Å². The SMILES string of the molecule is CCCCCCCCCCCCSCCC(=O)OCC(CCCCCCCCCCCSCCC(=O)OC)(COC(=O)CCSCCCCCCCCCCCC)CSCCC(=O)OC. The van der Waals surface area contributed by atoms with Crippen LogP contribution in [0.4, 0.5) is 0 Å². The Kier molecular flexibility index (Phi) is 50.6. The Bertz CT molecular complexity index is 1030. The first-order valence-corrected chi connectivity index (χ1v) is 31.2. The monoisotopic (exact) mass is 993 g/mol. The zero-order chi connectivity index (χ0) is 47.6. The number of unbranched alkanes of at least 4 members (excludes halogenated alkanes) is 26. The van der Waals surface area contributed by atoms with Crippen molar-refractivity contribution in [3.05, 3.63) is 0 Å². The summed E-state index contributed by atoms with van der Waals surface area (Å²) in [5, 5.41) is 0. The molecule has 0 aliphatic carbocycles. The standard InChI is InChI=1S/C53H100O8S4/c1-5-7-9-11-13-15-19-23-28-32-40-63-43-36-51(56)60-46-53(48-65-45-35-50(55)59-4,38-30-26-22-18-17-21-25-27-31-39-62-42-34-49(54)58-3)47-61-52(57)37-44-64-41-33-29-24-20-16-14-12-10-8-6-2/h5-48H2,1-4H3. The van der Waals surface area contributed by atoms with E-state index in [1.165, 1.54) is 181 Å². The molecule has 384 valence electrons. The molecule has 0 atom stereocenters. The Morgan fingerprint density at radius 1 is 0.338 bits per heavy atom. The number of ether oxygens (including phenoxy) is 4. The van der Waals surface area contributed by atoms with Crippen molar-refractivity contribution < 1.29 is 38.1 Å². The summed E-state index contributed by atoms with van der Waals surface area (Å²) in [5.74, 6) is 6.14. The fraction of sp³-hybridized carbons (Fsp3) is 0.925. The Hall–Kier alpha value is -0.720. The fourth-order valence-corrected chi connectivity index (χ4v) is 11.7. The Balaban J connectivity index is 4.99. The normalized spacial score (nSPS) is 11.5. The van der Waals surface area contributed by atoms with Crippen molar-refractivity contribution in [2.75, 3.05) is 73.5 Å². The molecule has 0 N–H and O–H groups in total. The maximum atomic E-state index is 13.1. The van der Waals surface area contributed by atoms with Gasteiger partial charge in [0.15, 0.2) is 0 Å². The summed E-state index contributed by atoms with van der Waals surface area (Å²) in [6, 6.07) is 0. The third-order valence-corrected chi connectivity index (χ3v) is 16.5. The first-order chi connectivity index (χ1) is 31.8. The largest absolute Gasteiger partial charge is 0.469 e. The Labute approximate surface area is 417 Å². The first-order valence-electron chi connectivity index (χ1n) is 26.6. The lowest BCUT2D eigenvalue weighted by Crippen LogP contribution is -2.37. The van der Waals surface area contributed by atoms with Crippen LogP contribution >= 0.6 is 47.0 Å². The van der Waals surface area contributed by atoms with Crippen LogP contribution in [0.3, 0.4) is 0 Å². The summed E-state index contributed by atoms with van der Waals surface area (Å²) in [6.07, 6.45) is 39.5. The predicted octanol–water partition coefficient (Wildman–Crippen LogP) is 15.6. The van der Waals surface area contributed by atoms with E-state index in [2.05, 4.69) is 13.8 Å². The number of rotatable bonds is 52. The van der Waals surface area contributed by atoms with Gasteiger partial charge >= 0.3 is 23.9 Å². The molecule has 0 aromatic rings. The maximum absolute atomic E-state index is 13.1. The van der Waals surface area contributed by atoms with Gasteiger partial charge < -0.3 is 18.9 Å². The lowest BCUT2D eigenvalue weighted by molar-refractivity contribution is -0.153. The van der Waals surface area contributed by atoms with E-state index < -0.39 is 5.41 Å². The van der Waals surface area contributed by atoms with Crippen LogP contribution in [0.5, 0.6) is 0 Å². The summed E-state index contributed by atoms with van der Waals surface area (Å²) in [4.78, 5) is 49.5. The number of methoxy groups -OCH3 is 2. The molecule has 0 aromatic carbocycles. The average Bonchev–Trinajstić information content (AvgIpc) is 3.31. The molecule has 0 saturated heterocycles. The van der Waals surface area contributed by atoms with Gasteiger partial charge in [-0.05, 0) is 42.9 Å². The molecule has 0 aliphatic heterocycles. The van der Waals surface area contributed by atoms with Gasteiger partial charge in [-0.1, -0.05) is 181 Å². The minimum Gasteiger partial charge on any atom is -0.469 e. The summed E-state index contributed by atoms with van der Waals surface area (Å²) in [7, 11) is 2.86. The van der Waals surface area contributed by atoms with Gasteiger partial charge in [-0.25, -0.2) is 0 Å². The van der Waals surface area contributed by atoms with Crippen LogP contribution in [-0.4, -0.2) is 97.3 Å². The zero-order valence-electron chi connectivity index (χ0n) is 42.5. The molecule has 0 amide bonds. The van der Waals surface area contributed by atoms with Gasteiger partial charge in [0.05, 0.1) is 39.9 Å². The van der Waals surface area contributed by atoms with Gasteiger partial charge in [-0.3, -0.25) is 19.2 Å². The van der Waals surface area contributed by atoms with E-state index in [9.17, 15) is 19.2 Å². The van der Waals surface area contributed by atoms with Gasteiger partial charge in [0.25, 0.3) is 0 Å². The van der Waals surface area contributed by atoms with E-state index >= 15 is 0 Å². The molecule has 0 rings (SSSR count). The average molecular weight is 994 g/mol. The molecule has 0 aliphatic rings. The summed E-state index contributed by atoms with van der Waals surface area (Å²) in [6.45, 7) is 4.98. The molecule has 0 unspecified atom stereocenters. The second-order valence-corrected chi connectivity index (χ2v) is 22.9. The van der Waals surface area contributed by atoms with Crippen molar-refractivity contribution in [1.29, 1.82) is 0 Å². The van der Waals surface area contributed by atoms with E-state index in [0.717, 1.165) is 60.2 Å². The minimum atomic E-state index is -0.507. The van der Waals surface area contributed by atoms with Crippen LogP contribution in [-0.2, 0) is 38.1 Å². The van der Waals surface area contributed by atoms with Crippen LogP contribution in [0.15, 0.2) is 0 Å². The van der Waals surface area contributed by atoms with Gasteiger partial charge in [0.2, 0.25) is 0 Å². The number of carbonyl (C=O) groups is 4. The summed E-state index contributed by atoms with van der Waals surface area (Å²) in [5.41, 5.74) is -0.507. The van der Waals surface area contributed by atoms with Crippen molar-refractivity contribution >= 4 is 70.9 Å². The fourth-order valence-electron chi connectivity index (χ4n) is 7.70. The molecule has 65 heavy (non-hydrogen) atoms. The van der Waals surface area contributed by atoms with E-state index in [0.29, 0.717) is 37.2 Å². The molecule has 0 heterocycles. The topological polar surface area (TPSA) is 105 Å². The van der Waals surface area contributed by atoms with E-state index in [-0.39, 0.29) is 37.1 Å². The van der Waals surface area contributed by atoms with Crippen molar-refractivity contribution in [1.82, 2.24) is 0 Å². The third kappa shape index (κ3) is 46.8. The molecule has 0 saturated carbocycles. The number of thioether (sulfide) groups is 4. The molecular formula is C53H100O8S4. The van der Waals surface area contributed by atoms with Crippen LogP contribution in [0.25, 0.3) is 0 Å². The number of hydrogen-bond acceptors (Lipinski definition) is 12. The van der Waals surface area contributed by atoms with Gasteiger partial charge in [0, 0.05) is 34.2 Å². The molecule has 0 spiro atoms. The van der Waals surface area contributed by atoms with Crippen LogP contribution in [0.1, 0.15) is 232 Å². The van der Waals surface area contributed by atoms with Crippen molar-refractivity contribution in [2.24, 2.45) is 5.41 Å². The van der Waals surface area contributed by atoms with E-state index in [4.69, 9.17) is 18.9 Å². The second kappa shape index (κ2) is 51.1. The van der Waals surface area contributed by atoms with Crippen molar-refractivity contribution in [2.45, 2.75) is 232 Å². The highest BCUT2D eigenvalue weighted by Gasteiger charge is 2.34. The van der Waals surface area contributed by atoms with E-state index in [1.807, 2.05) is 35.3 Å². The van der Waals surface area contributed by atoms with Crippen LogP contribution in [0.2, 0.25) is 0 Å². The molecular weight excluding hydrogens is 893 g/mol. The molecule has 12 heteroatoms. The minimum absolute atomic E-state index is 0.131. The highest BCUT2D eigenvalue weighted by molar-refractivity contribution is 7.99. The first kappa shape index (κ1) is 64.3. The van der Waals surface area contributed by atoms with Gasteiger partial charge in [0.1, 0.15) is 13.2 Å². The third-order valence-electron chi connectivity index (χ3n) is 12.0. The Morgan fingerprint density at radius 3 is 0.938 bits per heavy atom. The van der Waals surface area contributed by atoms with Gasteiger partial charge in [-0.15, -0.1) is 0 Å². The Morgan fingerprint density at radius 2 is 0.615 bits per heavy atom. The smallest absolute Gasteiger partial charge is 0.306 e. The summed E-state index contributed by atoms with van der Waals surface area (Å²) < 4.78 is 21.7. The predicted molar refractivity (Wildman–Crippen MR) is 286 cm³/mol. The molecule has 0 radical (unpaired) electrons. The van der Waals surface area contributed by atoms with Crippen LogP contribution < -0.4 is 0 Å². The quantitative estimate of drug-likeness (QED) is 0.0329. The van der Waals surface area contributed by atoms with Crippen LogP contribution in [0, 0.1) is 5.41 Å². The lowest BCUT2D eigenvalue weighted by atomic mass is 9.85. The second-order valence-electron chi connectivity index (χ2n) is 18.2. The highest BCUT2D eigenvalue weighted by Crippen LogP contribution is 2.32. The molecule has 8 nitrogen and oxygen atoms in total. The molecule has 0 fully saturated rings. The summed E-state index contributed by atoms with van der Waals surface area (Å²) >= 11 is 7.18. The number of esters is 4. The molecule has 0 bridgehead atoms. The van der Waals surface area contributed by atoms with E-state index in [1.54, 1.807) is 11.8 Å². The number of hydrogen-bond donors (Lipinski definition) is 0.